The SMILES string of the molecule is O=C(Cn1nnnc1CCCc1ccc2cccnc2n1)c1ccc2c(c1)OCO2. The van der Waals surface area contributed by atoms with Crippen LogP contribution in [0.15, 0.2) is 48.7 Å². The van der Waals surface area contributed by atoms with Gasteiger partial charge in [0.2, 0.25) is 6.79 Å². The summed E-state index contributed by atoms with van der Waals surface area (Å²) in [4.78, 5) is 21.5. The minimum absolute atomic E-state index is 0.0696. The molecule has 0 amide bonds. The van der Waals surface area contributed by atoms with Crippen molar-refractivity contribution in [1.29, 1.82) is 0 Å². The number of hydrogen-bond donors (Lipinski definition) is 0. The molecule has 0 bridgehead atoms. The number of aryl methyl sites for hydroxylation is 2. The fourth-order valence-electron chi connectivity index (χ4n) is 3.38. The van der Waals surface area contributed by atoms with Crippen LogP contribution >= 0.6 is 0 Å². The molecule has 5 rings (SSSR count). The third kappa shape index (κ3) is 3.69. The van der Waals surface area contributed by atoms with Crippen LogP contribution in [-0.4, -0.2) is 42.8 Å². The van der Waals surface area contributed by atoms with Crippen LogP contribution in [0.2, 0.25) is 0 Å². The Balaban J connectivity index is 1.22. The summed E-state index contributed by atoms with van der Waals surface area (Å²) >= 11 is 0. The monoisotopic (exact) mass is 402 g/mol. The molecule has 0 radical (unpaired) electrons. The zero-order valence-electron chi connectivity index (χ0n) is 16.1. The van der Waals surface area contributed by atoms with E-state index in [0.29, 0.717) is 29.3 Å². The van der Waals surface area contributed by atoms with E-state index in [4.69, 9.17) is 9.47 Å². The normalized spacial score (nSPS) is 12.4. The highest BCUT2D eigenvalue weighted by Gasteiger charge is 2.18. The Bertz CT molecular complexity index is 1220. The van der Waals surface area contributed by atoms with Crippen molar-refractivity contribution in [2.24, 2.45) is 0 Å². The molecule has 0 atom stereocenters. The van der Waals surface area contributed by atoms with Crippen molar-refractivity contribution in [3.8, 4) is 11.5 Å². The molecule has 3 aromatic heterocycles. The Labute approximate surface area is 171 Å². The van der Waals surface area contributed by atoms with E-state index in [1.165, 1.54) is 0 Å². The van der Waals surface area contributed by atoms with Gasteiger partial charge in [-0.1, -0.05) is 0 Å². The fraction of sp³-hybridized carbons (Fsp3) is 0.238. The smallest absolute Gasteiger partial charge is 0.231 e. The summed E-state index contributed by atoms with van der Waals surface area (Å²) in [6.07, 6.45) is 3.97. The van der Waals surface area contributed by atoms with E-state index in [0.717, 1.165) is 29.6 Å². The maximum atomic E-state index is 12.7. The second-order valence-electron chi connectivity index (χ2n) is 6.95. The lowest BCUT2D eigenvalue weighted by Gasteiger charge is -2.06. The highest BCUT2D eigenvalue weighted by Crippen LogP contribution is 2.32. The first-order valence-corrected chi connectivity index (χ1v) is 9.65. The molecule has 0 spiro atoms. The molecule has 30 heavy (non-hydrogen) atoms. The number of tetrazole rings is 1. The lowest BCUT2D eigenvalue weighted by atomic mass is 10.1. The standard InChI is InChI=1S/C21H18N6O3/c28-17(15-7-9-18-19(11-15)30-13-29-18)12-27-20(24-25-26-27)5-1-4-16-8-6-14-3-2-10-22-21(14)23-16/h2-3,6-11H,1,4-5,12-13H2. The number of pyridine rings is 2. The van der Waals surface area contributed by atoms with Gasteiger partial charge in [0, 0.05) is 29.3 Å². The van der Waals surface area contributed by atoms with Crippen molar-refractivity contribution in [1.82, 2.24) is 30.2 Å². The summed E-state index contributed by atoms with van der Waals surface area (Å²) in [7, 11) is 0. The van der Waals surface area contributed by atoms with E-state index >= 15 is 0 Å². The first-order chi connectivity index (χ1) is 14.8. The van der Waals surface area contributed by atoms with Crippen LogP contribution in [0.4, 0.5) is 0 Å². The number of Topliss-reactive ketones (excluding diaryl/α,β-unsaturated/α-hetero) is 1. The van der Waals surface area contributed by atoms with E-state index < -0.39 is 0 Å². The van der Waals surface area contributed by atoms with Crippen molar-refractivity contribution in [3.63, 3.8) is 0 Å². The van der Waals surface area contributed by atoms with Crippen LogP contribution in [0.5, 0.6) is 11.5 Å². The number of hydrogen-bond acceptors (Lipinski definition) is 8. The summed E-state index contributed by atoms with van der Waals surface area (Å²) in [5.41, 5.74) is 2.25. The summed E-state index contributed by atoms with van der Waals surface area (Å²) in [6, 6.07) is 13.1. The molecular weight excluding hydrogens is 384 g/mol. The van der Waals surface area contributed by atoms with Crippen molar-refractivity contribution in [2.75, 3.05) is 6.79 Å². The number of carbonyl (C=O) groups is 1. The molecule has 0 saturated carbocycles. The number of benzene rings is 1. The quantitative estimate of drug-likeness (QED) is 0.434. The van der Waals surface area contributed by atoms with Gasteiger partial charge in [-0.15, -0.1) is 5.10 Å². The Kier molecular flexibility index (Phi) is 4.76. The first kappa shape index (κ1) is 18.2. The number of ether oxygens (including phenoxy) is 2. The van der Waals surface area contributed by atoms with Gasteiger partial charge in [0.05, 0.1) is 0 Å². The zero-order valence-corrected chi connectivity index (χ0v) is 16.1. The molecule has 150 valence electrons. The van der Waals surface area contributed by atoms with Gasteiger partial charge in [0.25, 0.3) is 0 Å². The zero-order chi connectivity index (χ0) is 20.3. The van der Waals surface area contributed by atoms with E-state index in [9.17, 15) is 4.79 Å². The lowest BCUT2D eigenvalue weighted by molar-refractivity contribution is 0.0965. The number of rotatable bonds is 7. The fourth-order valence-corrected chi connectivity index (χ4v) is 3.38. The van der Waals surface area contributed by atoms with Gasteiger partial charge in [-0.05, 0) is 65.7 Å². The summed E-state index contributed by atoms with van der Waals surface area (Å²) in [5.74, 6) is 1.80. The van der Waals surface area contributed by atoms with Gasteiger partial charge in [-0.25, -0.2) is 14.6 Å². The summed E-state index contributed by atoms with van der Waals surface area (Å²) < 4.78 is 12.2. The second-order valence-corrected chi connectivity index (χ2v) is 6.95. The van der Waals surface area contributed by atoms with Gasteiger partial charge in [0.1, 0.15) is 6.54 Å². The van der Waals surface area contributed by atoms with Crippen molar-refractivity contribution in [2.45, 2.75) is 25.8 Å². The van der Waals surface area contributed by atoms with E-state index in [1.54, 1.807) is 29.1 Å². The highest BCUT2D eigenvalue weighted by atomic mass is 16.7. The molecule has 0 aliphatic carbocycles. The van der Waals surface area contributed by atoms with E-state index in [2.05, 4.69) is 25.5 Å². The average molecular weight is 402 g/mol. The Morgan fingerprint density at radius 2 is 2.00 bits per heavy atom. The van der Waals surface area contributed by atoms with Gasteiger partial charge < -0.3 is 9.47 Å². The molecule has 1 aromatic carbocycles. The maximum Gasteiger partial charge on any atom is 0.231 e. The van der Waals surface area contributed by atoms with Gasteiger partial charge in [-0.3, -0.25) is 4.79 Å². The van der Waals surface area contributed by atoms with E-state index in [1.807, 2.05) is 24.3 Å². The predicted octanol–water partition coefficient (Wildman–Crippen LogP) is 2.40. The molecule has 9 nitrogen and oxygen atoms in total. The largest absolute Gasteiger partial charge is 0.454 e. The molecule has 4 heterocycles. The van der Waals surface area contributed by atoms with Gasteiger partial charge >= 0.3 is 0 Å². The van der Waals surface area contributed by atoms with Crippen molar-refractivity contribution >= 4 is 16.8 Å². The molecule has 0 saturated heterocycles. The van der Waals surface area contributed by atoms with Crippen molar-refractivity contribution < 1.29 is 14.3 Å². The first-order valence-electron chi connectivity index (χ1n) is 9.65. The van der Waals surface area contributed by atoms with Crippen LogP contribution < -0.4 is 9.47 Å². The number of nitrogens with zero attached hydrogens (tertiary/aromatic N) is 6. The minimum atomic E-state index is -0.0934. The van der Waals surface area contributed by atoms with Crippen LogP contribution in [0.1, 0.15) is 28.3 Å². The van der Waals surface area contributed by atoms with Crippen LogP contribution in [0, 0.1) is 0 Å². The predicted molar refractivity (Wildman–Crippen MR) is 106 cm³/mol. The minimum Gasteiger partial charge on any atom is -0.454 e. The number of carbonyl (C=O) groups excluding carboxylic acids is 1. The molecule has 1 aliphatic rings. The average Bonchev–Trinajstić information content (AvgIpc) is 3.42. The van der Waals surface area contributed by atoms with Gasteiger partial charge in [-0.2, -0.15) is 0 Å². The molecular formula is C21H18N6O3. The topological polar surface area (TPSA) is 105 Å². The summed E-state index contributed by atoms with van der Waals surface area (Å²) in [6.45, 7) is 0.242. The summed E-state index contributed by atoms with van der Waals surface area (Å²) in [5, 5.41) is 12.8. The van der Waals surface area contributed by atoms with E-state index in [-0.39, 0.29) is 19.1 Å². The third-order valence-electron chi connectivity index (χ3n) is 4.95. The lowest BCUT2D eigenvalue weighted by Crippen LogP contribution is -2.15. The number of aromatic nitrogens is 6. The van der Waals surface area contributed by atoms with Crippen molar-refractivity contribution in [3.05, 3.63) is 65.7 Å². The Morgan fingerprint density at radius 1 is 1.07 bits per heavy atom. The van der Waals surface area contributed by atoms with Gasteiger partial charge in [0.15, 0.2) is 28.8 Å². The molecule has 0 N–H and O–H groups in total. The van der Waals surface area contributed by atoms with Crippen LogP contribution in [0.3, 0.4) is 0 Å². The molecule has 4 aromatic rings. The van der Waals surface area contributed by atoms with Crippen LogP contribution in [0.25, 0.3) is 11.0 Å². The molecule has 0 unspecified atom stereocenters. The third-order valence-corrected chi connectivity index (χ3v) is 4.95. The molecule has 1 aliphatic heterocycles. The maximum absolute atomic E-state index is 12.7. The van der Waals surface area contributed by atoms with Crippen LogP contribution in [-0.2, 0) is 19.4 Å². The Morgan fingerprint density at radius 3 is 2.97 bits per heavy atom. The Hall–Kier alpha value is -3.88. The number of ketones is 1. The number of fused-ring (bicyclic) bond motifs is 2. The second kappa shape index (κ2) is 7.86. The highest BCUT2D eigenvalue weighted by molar-refractivity contribution is 5.96. The molecule has 9 heteroatoms. The molecule has 0 fully saturated rings.